The molecule has 0 aliphatic rings. The van der Waals surface area contributed by atoms with Crippen LogP contribution in [0.2, 0.25) is 18.1 Å². The van der Waals surface area contributed by atoms with Crippen LogP contribution in [0.3, 0.4) is 0 Å². The summed E-state index contributed by atoms with van der Waals surface area (Å²) in [6.07, 6.45) is 0. The third-order valence-electron chi connectivity index (χ3n) is 3.88. The SMILES string of the molecule is COc1ccc(Br)cc1S(=O)(=N[Si](C)(C)C(C)(C)C)C(F)F. The highest BCUT2D eigenvalue weighted by molar-refractivity contribution is 9.10. The van der Waals surface area contributed by atoms with E-state index in [2.05, 4.69) is 20.0 Å². The molecule has 0 aliphatic heterocycles. The molecule has 1 aromatic carbocycles. The molecule has 0 aromatic heterocycles. The third-order valence-corrected chi connectivity index (χ3v) is 12.4. The quantitative estimate of drug-likeness (QED) is 0.609. The maximum Gasteiger partial charge on any atom is 0.322 e. The van der Waals surface area contributed by atoms with Gasteiger partial charge in [0.05, 0.1) is 12.0 Å². The van der Waals surface area contributed by atoms with Crippen molar-refractivity contribution < 1.29 is 17.7 Å². The average Bonchev–Trinajstić information content (AvgIpc) is 2.36. The van der Waals surface area contributed by atoms with Crippen molar-refractivity contribution in [3.63, 3.8) is 0 Å². The van der Waals surface area contributed by atoms with Gasteiger partial charge in [-0.2, -0.15) is 8.78 Å². The fraction of sp³-hybridized carbons (Fsp3) is 0.571. The summed E-state index contributed by atoms with van der Waals surface area (Å²) in [5, 5.41) is -0.288. The molecule has 3 nitrogen and oxygen atoms in total. The smallest absolute Gasteiger partial charge is 0.322 e. The predicted molar refractivity (Wildman–Crippen MR) is 92.7 cm³/mol. The molecular weight excluding hydrogens is 392 g/mol. The summed E-state index contributed by atoms with van der Waals surface area (Å²) in [5.74, 6) is -2.92. The van der Waals surface area contributed by atoms with Crippen molar-refractivity contribution in [1.82, 2.24) is 0 Å². The number of hydrogen-bond donors (Lipinski definition) is 0. The topological polar surface area (TPSA) is 38.7 Å². The summed E-state index contributed by atoms with van der Waals surface area (Å²) in [7, 11) is -5.07. The number of halogens is 3. The number of methoxy groups -OCH3 is 1. The molecule has 1 atom stereocenters. The van der Waals surface area contributed by atoms with Crippen molar-refractivity contribution in [1.29, 1.82) is 0 Å². The van der Waals surface area contributed by atoms with E-state index in [4.69, 9.17) is 4.74 Å². The van der Waals surface area contributed by atoms with Crippen molar-refractivity contribution in [3.8, 4) is 5.75 Å². The van der Waals surface area contributed by atoms with E-state index in [1.165, 1.54) is 19.2 Å². The van der Waals surface area contributed by atoms with Gasteiger partial charge < -0.3 is 4.74 Å². The van der Waals surface area contributed by atoms with Crippen LogP contribution in [-0.2, 0) is 9.73 Å². The molecule has 0 spiro atoms. The van der Waals surface area contributed by atoms with E-state index >= 15 is 0 Å². The minimum Gasteiger partial charge on any atom is -0.495 e. The van der Waals surface area contributed by atoms with Crippen molar-refractivity contribution in [2.24, 2.45) is 4.03 Å². The summed E-state index contributed by atoms with van der Waals surface area (Å²) < 4.78 is 50.5. The summed E-state index contributed by atoms with van der Waals surface area (Å²) in [6.45, 7) is 9.50. The van der Waals surface area contributed by atoms with Gasteiger partial charge >= 0.3 is 5.76 Å². The standard InChI is InChI=1S/C14H22BrF2NO2SSi/c1-14(2,3)22(5,6)18-21(19,13(16)17)12-9-10(15)7-8-11(12)20-4/h7-9,13H,1-6H3. The van der Waals surface area contributed by atoms with Crippen LogP contribution in [0.15, 0.2) is 31.6 Å². The molecule has 126 valence electrons. The normalized spacial score (nSPS) is 15.5. The Bertz CT molecular complexity index is 665. The zero-order valence-corrected chi connectivity index (χ0v) is 17.0. The van der Waals surface area contributed by atoms with Crippen LogP contribution in [0.5, 0.6) is 5.75 Å². The molecular formula is C14H22BrF2NO2SSi. The molecule has 0 saturated carbocycles. The van der Waals surface area contributed by atoms with Crippen LogP contribution >= 0.6 is 15.9 Å². The molecule has 0 saturated heterocycles. The molecule has 1 unspecified atom stereocenters. The largest absolute Gasteiger partial charge is 0.495 e. The summed E-state index contributed by atoms with van der Waals surface area (Å²) in [5.41, 5.74) is 0. The van der Waals surface area contributed by atoms with Gasteiger partial charge in [-0.05, 0) is 36.3 Å². The van der Waals surface area contributed by atoms with Crippen LogP contribution in [-0.4, -0.2) is 25.3 Å². The van der Waals surface area contributed by atoms with Gasteiger partial charge in [0.2, 0.25) is 0 Å². The molecule has 1 aromatic rings. The van der Waals surface area contributed by atoms with Crippen molar-refractivity contribution in [2.75, 3.05) is 7.11 Å². The van der Waals surface area contributed by atoms with Gasteiger partial charge in [0.1, 0.15) is 15.5 Å². The molecule has 22 heavy (non-hydrogen) atoms. The minimum atomic E-state index is -3.89. The van der Waals surface area contributed by atoms with E-state index < -0.39 is 23.7 Å². The molecule has 8 heteroatoms. The number of nitrogens with zero attached hydrogens (tertiary/aromatic N) is 1. The van der Waals surface area contributed by atoms with Crippen LogP contribution in [0, 0.1) is 0 Å². The Kier molecular flexibility index (Phi) is 5.84. The lowest BCUT2D eigenvalue weighted by molar-refractivity contribution is 0.241. The Morgan fingerprint density at radius 2 is 1.86 bits per heavy atom. The van der Waals surface area contributed by atoms with Crippen LogP contribution < -0.4 is 4.74 Å². The second-order valence-corrected chi connectivity index (χ2v) is 14.7. The first-order valence-electron chi connectivity index (χ1n) is 6.74. The average molecular weight is 414 g/mol. The molecule has 0 fully saturated rings. The zero-order chi connectivity index (χ0) is 17.3. The van der Waals surface area contributed by atoms with Crippen LogP contribution in [0.1, 0.15) is 20.8 Å². The van der Waals surface area contributed by atoms with E-state index in [1.807, 2.05) is 33.9 Å². The van der Waals surface area contributed by atoms with Gasteiger partial charge in [0.25, 0.3) is 0 Å². The summed E-state index contributed by atoms with van der Waals surface area (Å²) >= 11 is 3.23. The highest BCUT2D eigenvalue weighted by atomic mass is 79.9. The summed E-state index contributed by atoms with van der Waals surface area (Å²) in [6, 6.07) is 4.58. The van der Waals surface area contributed by atoms with E-state index in [0.717, 1.165) is 0 Å². The highest BCUT2D eigenvalue weighted by Crippen LogP contribution is 2.41. The van der Waals surface area contributed by atoms with Gasteiger partial charge in [0, 0.05) is 4.47 Å². The van der Waals surface area contributed by atoms with Crippen LogP contribution in [0.4, 0.5) is 8.78 Å². The number of alkyl halides is 2. The monoisotopic (exact) mass is 413 g/mol. The number of ether oxygens (including phenoxy) is 1. The Morgan fingerprint density at radius 1 is 1.32 bits per heavy atom. The Hall–Kier alpha value is -0.473. The van der Waals surface area contributed by atoms with Crippen molar-refractivity contribution in [3.05, 3.63) is 22.7 Å². The molecule has 0 heterocycles. The first-order chi connectivity index (χ1) is 9.85. The Labute approximate surface area is 140 Å². The second kappa shape index (κ2) is 6.57. The molecule has 0 radical (unpaired) electrons. The number of hydrogen-bond acceptors (Lipinski definition) is 3. The molecule has 0 aliphatic carbocycles. The Balaban J connectivity index is 3.74. The van der Waals surface area contributed by atoms with Gasteiger partial charge in [-0.15, -0.1) is 0 Å². The zero-order valence-electron chi connectivity index (χ0n) is 13.6. The van der Waals surface area contributed by atoms with E-state index in [-0.39, 0.29) is 15.7 Å². The first kappa shape index (κ1) is 19.6. The third kappa shape index (κ3) is 3.89. The lowest BCUT2D eigenvalue weighted by atomic mass is 10.2. The van der Waals surface area contributed by atoms with E-state index in [9.17, 15) is 13.0 Å². The Morgan fingerprint density at radius 3 is 2.27 bits per heavy atom. The maximum atomic E-state index is 13.7. The second-order valence-electron chi connectivity index (χ2n) is 6.52. The fourth-order valence-electron chi connectivity index (χ4n) is 1.54. The van der Waals surface area contributed by atoms with Gasteiger partial charge in [-0.25, -0.2) is 4.21 Å². The number of rotatable bonds is 4. The molecule has 0 N–H and O–H groups in total. The lowest BCUT2D eigenvalue weighted by Crippen LogP contribution is -2.37. The number of benzene rings is 1. The van der Waals surface area contributed by atoms with Crippen molar-refractivity contribution in [2.45, 2.75) is 49.6 Å². The summed E-state index contributed by atoms with van der Waals surface area (Å²) in [4.78, 5) is -0.0517. The first-order valence-corrected chi connectivity index (χ1v) is 12.1. The predicted octanol–water partition coefficient (Wildman–Crippen LogP) is 5.51. The molecule has 0 amide bonds. The van der Waals surface area contributed by atoms with Crippen LogP contribution in [0.25, 0.3) is 0 Å². The van der Waals surface area contributed by atoms with E-state index in [0.29, 0.717) is 4.47 Å². The minimum absolute atomic E-state index is 0.0517. The fourth-order valence-corrected chi connectivity index (χ4v) is 7.50. The highest BCUT2D eigenvalue weighted by Gasteiger charge is 2.40. The van der Waals surface area contributed by atoms with Gasteiger partial charge in [0.15, 0.2) is 8.24 Å². The van der Waals surface area contributed by atoms with Crippen molar-refractivity contribution >= 4 is 33.9 Å². The van der Waals surface area contributed by atoms with Gasteiger partial charge in [-0.3, -0.25) is 4.03 Å². The van der Waals surface area contributed by atoms with Gasteiger partial charge in [-0.1, -0.05) is 36.7 Å². The lowest BCUT2D eigenvalue weighted by Gasteiger charge is -2.33. The molecule has 1 rings (SSSR count). The van der Waals surface area contributed by atoms with E-state index in [1.54, 1.807) is 6.07 Å². The molecule has 0 bridgehead atoms. The maximum absolute atomic E-state index is 13.7.